The van der Waals surface area contributed by atoms with Crippen LogP contribution in [0.5, 0.6) is 0 Å². The van der Waals surface area contributed by atoms with Gasteiger partial charge >= 0.3 is 0 Å². The molecule has 2 atom stereocenters. The van der Waals surface area contributed by atoms with Crippen molar-refractivity contribution in [3.63, 3.8) is 0 Å². The van der Waals surface area contributed by atoms with E-state index in [0.29, 0.717) is 12.1 Å². The van der Waals surface area contributed by atoms with E-state index < -0.39 is 0 Å². The second-order valence-electron chi connectivity index (χ2n) is 6.10. The SMILES string of the molecule is CCCC1CN(Cc2cc(C)nn2CC)C(C)CCN1. The van der Waals surface area contributed by atoms with Crippen molar-refractivity contribution in [3.05, 3.63) is 17.5 Å². The Morgan fingerprint density at radius 2 is 2.20 bits per heavy atom. The number of hydrogen-bond donors (Lipinski definition) is 1. The van der Waals surface area contributed by atoms with Gasteiger partial charge in [0.2, 0.25) is 0 Å². The number of nitrogens with zero attached hydrogens (tertiary/aromatic N) is 3. The van der Waals surface area contributed by atoms with Crippen molar-refractivity contribution >= 4 is 0 Å². The lowest BCUT2D eigenvalue weighted by Crippen LogP contribution is -2.40. The summed E-state index contributed by atoms with van der Waals surface area (Å²) in [5.74, 6) is 0. The normalized spacial score (nSPS) is 24.8. The van der Waals surface area contributed by atoms with Gasteiger partial charge in [0.25, 0.3) is 0 Å². The lowest BCUT2D eigenvalue weighted by Gasteiger charge is -2.29. The van der Waals surface area contributed by atoms with E-state index in [2.05, 4.69) is 53.8 Å². The second-order valence-corrected chi connectivity index (χ2v) is 6.10. The molecule has 0 aliphatic carbocycles. The fourth-order valence-corrected chi connectivity index (χ4v) is 3.18. The Morgan fingerprint density at radius 3 is 2.90 bits per heavy atom. The van der Waals surface area contributed by atoms with E-state index in [0.717, 1.165) is 31.9 Å². The molecule has 4 nitrogen and oxygen atoms in total. The van der Waals surface area contributed by atoms with Crippen LogP contribution in [0.1, 0.15) is 51.4 Å². The van der Waals surface area contributed by atoms with Gasteiger partial charge in [-0.3, -0.25) is 9.58 Å². The van der Waals surface area contributed by atoms with E-state index in [4.69, 9.17) is 0 Å². The Labute approximate surface area is 123 Å². The summed E-state index contributed by atoms with van der Waals surface area (Å²) in [6.45, 7) is 13.2. The first-order valence-corrected chi connectivity index (χ1v) is 8.14. The number of rotatable bonds is 5. The zero-order valence-electron chi connectivity index (χ0n) is 13.5. The number of nitrogens with one attached hydrogen (secondary N) is 1. The standard InChI is InChI=1S/C16H30N4/c1-5-7-15-11-19(14(4)8-9-17-15)12-16-10-13(3)18-20(16)6-2/h10,14-15,17H,5-9,11-12H2,1-4H3. The van der Waals surface area contributed by atoms with Crippen LogP contribution in [0.25, 0.3) is 0 Å². The molecule has 4 heteroatoms. The highest BCUT2D eigenvalue weighted by molar-refractivity contribution is 5.09. The molecule has 20 heavy (non-hydrogen) atoms. The molecular weight excluding hydrogens is 248 g/mol. The van der Waals surface area contributed by atoms with Gasteiger partial charge in [-0.2, -0.15) is 5.10 Å². The molecule has 0 bridgehead atoms. The predicted octanol–water partition coefficient (Wildman–Crippen LogP) is 2.56. The summed E-state index contributed by atoms with van der Waals surface area (Å²) in [6, 6.07) is 3.53. The van der Waals surface area contributed by atoms with Crippen LogP contribution >= 0.6 is 0 Å². The average molecular weight is 278 g/mol. The third-order valence-electron chi connectivity index (χ3n) is 4.36. The molecule has 1 aromatic heterocycles. The third-order valence-corrected chi connectivity index (χ3v) is 4.36. The molecule has 1 aliphatic heterocycles. The Kier molecular flexibility index (Phi) is 5.61. The van der Waals surface area contributed by atoms with Crippen LogP contribution in [-0.2, 0) is 13.1 Å². The Hall–Kier alpha value is -0.870. The van der Waals surface area contributed by atoms with Gasteiger partial charge in [0.05, 0.1) is 11.4 Å². The van der Waals surface area contributed by atoms with Crippen LogP contribution < -0.4 is 5.32 Å². The first-order chi connectivity index (χ1) is 9.63. The Morgan fingerprint density at radius 1 is 1.40 bits per heavy atom. The molecular formula is C16H30N4. The maximum atomic E-state index is 4.57. The minimum atomic E-state index is 0.643. The summed E-state index contributed by atoms with van der Waals surface area (Å²) in [7, 11) is 0. The molecule has 0 spiro atoms. The predicted molar refractivity (Wildman–Crippen MR) is 83.8 cm³/mol. The van der Waals surface area contributed by atoms with E-state index in [9.17, 15) is 0 Å². The zero-order valence-corrected chi connectivity index (χ0v) is 13.5. The molecule has 2 heterocycles. The fourth-order valence-electron chi connectivity index (χ4n) is 3.18. The summed E-state index contributed by atoms with van der Waals surface area (Å²) in [5, 5.41) is 8.27. The highest BCUT2D eigenvalue weighted by Gasteiger charge is 2.23. The molecule has 0 radical (unpaired) electrons. The first-order valence-electron chi connectivity index (χ1n) is 8.14. The quantitative estimate of drug-likeness (QED) is 0.898. The average Bonchev–Trinajstić information content (AvgIpc) is 2.68. The summed E-state index contributed by atoms with van der Waals surface area (Å²) in [5.41, 5.74) is 2.49. The fraction of sp³-hybridized carbons (Fsp3) is 0.812. The zero-order chi connectivity index (χ0) is 14.5. The number of aromatic nitrogens is 2. The Balaban J connectivity index is 2.07. The van der Waals surface area contributed by atoms with Crippen LogP contribution in [0.2, 0.25) is 0 Å². The minimum Gasteiger partial charge on any atom is -0.313 e. The van der Waals surface area contributed by atoms with Crippen LogP contribution in [0.15, 0.2) is 6.07 Å². The molecule has 0 saturated carbocycles. The second kappa shape index (κ2) is 7.23. The van der Waals surface area contributed by atoms with Gasteiger partial charge in [-0.1, -0.05) is 13.3 Å². The molecule has 2 rings (SSSR count). The van der Waals surface area contributed by atoms with Gasteiger partial charge in [-0.25, -0.2) is 0 Å². The molecule has 1 N–H and O–H groups in total. The van der Waals surface area contributed by atoms with E-state index in [-0.39, 0.29) is 0 Å². The molecule has 1 aliphatic rings. The van der Waals surface area contributed by atoms with Crippen LogP contribution in [0, 0.1) is 6.92 Å². The molecule has 2 unspecified atom stereocenters. The van der Waals surface area contributed by atoms with Gasteiger partial charge in [-0.15, -0.1) is 0 Å². The monoisotopic (exact) mass is 278 g/mol. The van der Waals surface area contributed by atoms with Gasteiger partial charge < -0.3 is 5.32 Å². The lowest BCUT2D eigenvalue weighted by atomic mass is 10.1. The number of aryl methyl sites for hydroxylation is 2. The molecule has 0 amide bonds. The number of hydrogen-bond acceptors (Lipinski definition) is 3. The smallest absolute Gasteiger partial charge is 0.0597 e. The molecule has 114 valence electrons. The first kappa shape index (κ1) is 15.5. The summed E-state index contributed by atoms with van der Waals surface area (Å²) >= 11 is 0. The molecule has 0 aromatic carbocycles. The highest BCUT2D eigenvalue weighted by Crippen LogP contribution is 2.16. The Bertz CT molecular complexity index is 413. The van der Waals surface area contributed by atoms with E-state index in [1.165, 1.54) is 25.0 Å². The van der Waals surface area contributed by atoms with E-state index >= 15 is 0 Å². The van der Waals surface area contributed by atoms with E-state index in [1.807, 2.05) is 0 Å². The molecule has 1 saturated heterocycles. The van der Waals surface area contributed by atoms with Crippen molar-refractivity contribution in [2.75, 3.05) is 13.1 Å². The van der Waals surface area contributed by atoms with Crippen molar-refractivity contribution in [2.45, 2.75) is 72.1 Å². The maximum Gasteiger partial charge on any atom is 0.0597 e. The van der Waals surface area contributed by atoms with Crippen LogP contribution in [0.3, 0.4) is 0 Å². The molecule has 1 aromatic rings. The summed E-state index contributed by atoms with van der Waals surface area (Å²) < 4.78 is 2.15. The van der Waals surface area contributed by atoms with Crippen molar-refractivity contribution in [1.29, 1.82) is 0 Å². The summed E-state index contributed by atoms with van der Waals surface area (Å²) in [6.07, 6.45) is 3.76. The van der Waals surface area contributed by atoms with Crippen molar-refractivity contribution in [1.82, 2.24) is 20.0 Å². The molecule has 1 fully saturated rings. The minimum absolute atomic E-state index is 0.643. The van der Waals surface area contributed by atoms with Gasteiger partial charge in [0.15, 0.2) is 0 Å². The van der Waals surface area contributed by atoms with Gasteiger partial charge in [0, 0.05) is 31.7 Å². The largest absolute Gasteiger partial charge is 0.313 e. The van der Waals surface area contributed by atoms with Gasteiger partial charge in [0.1, 0.15) is 0 Å². The lowest BCUT2D eigenvalue weighted by molar-refractivity contribution is 0.188. The van der Waals surface area contributed by atoms with Crippen LogP contribution in [0.4, 0.5) is 0 Å². The van der Waals surface area contributed by atoms with Crippen molar-refractivity contribution < 1.29 is 0 Å². The topological polar surface area (TPSA) is 33.1 Å². The van der Waals surface area contributed by atoms with E-state index in [1.54, 1.807) is 0 Å². The van der Waals surface area contributed by atoms with Crippen molar-refractivity contribution in [2.24, 2.45) is 0 Å². The highest BCUT2D eigenvalue weighted by atomic mass is 15.3. The van der Waals surface area contributed by atoms with Gasteiger partial charge in [-0.05, 0) is 46.2 Å². The summed E-state index contributed by atoms with van der Waals surface area (Å²) in [4.78, 5) is 2.63. The van der Waals surface area contributed by atoms with Crippen LogP contribution in [-0.4, -0.2) is 39.9 Å². The maximum absolute atomic E-state index is 4.57. The third kappa shape index (κ3) is 3.83. The van der Waals surface area contributed by atoms with Crippen molar-refractivity contribution in [3.8, 4) is 0 Å².